The minimum absolute atomic E-state index is 0.227. The molecule has 1 aliphatic rings. The van der Waals surface area contributed by atoms with E-state index in [-0.39, 0.29) is 12.6 Å². The Kier molecular flexibility index (Phi) is 1.80. The molecule has 1 fully saturated rings. The van der Waals surface area contributed by atoms with Crippen LogP contribution in [0.1, 0.15) is 6.92 Å². The highest BCUT2D eigenvalue weighted by Crippen LogP contribution is 2.34. The predicted molar refractivity (Wildman–Crippen MR) is 35.9 cm³/mol. The topological polar surface area (TPSA) is 46.2 Å². The summed E-state index contributed by atoms with van der Waals surface area (Å²) in [6.07, 6.45) is 0. The van der Waals surface area contributed by atoms with Gasteiger partial charge < -0.3 is 10.8 Å². The fourth-order valence-corrected chi connectivity index (χ4v) is 1.99. The van der Waals surface area contributed by atoms with E-state index in [4.69, 9.17) is 10.8 Å². The lowest BCUT2D eigenvalue weighted by atomic mass is 10.1. The summed E-state index contributed by atoms with van der Waals surface area (Å²) in [5, 5.41) is 9.43. The summed E-state index contributed by atoms with van der Waals surface area (Å²) < 4.78 is 0. The Morgan fingerprint density at radius 3 is 2.50 bits per heavy atom. The Morgan fingerprint density at radius 2 is 2.38 bits per heavy atom. The van der Waals surface area contributed by atoms with Crippen molar-refractivity contribution in [3.8, 4) is 0 Å². The number of aliphatic hydroxyl groups excluding tert-OH is 1. The van der Waals surface area contributed by atoms with Crippen LogP contribution in [0.15, 0.2) is 0 Å². The average Bonchev–Trinajstić information content (AvgIpc) is 1.81. The number of thioether (sulfide) groups is 1. The van der Waals surface area contributed by atoms with E-state index in [1.807, 2.05) is 0 Å². The normalized spacial score (nSPS) is 46.1. The molecule has 0 aliphatic carbocycles. The van der Waals surface area contributed by atoms with E-state index >= 15 is 0 Å². The molecule has 0 amide bonds. The third-order valence-electron chi connectivity index (χ3n) is 1.54. The molecular formula is C5H11NOS. The second-order valence-corrected chi connectivity index (χ2v) is 3.76. The van der Waals surface area contributed by atoms with Crippen molar-refractivity contribution in [2.45, 2.75) is 23.5 Å². The molecule has 0 radical (unpaired) electrons. The smallest absolute Gasteiger partial charge is 0.0565 e. The van der Waals surface area contributed by atoms with E-state index < -0.39 is 0 Å². The van der Waals surface area contributed by atoms with Gasteiger partial charge in [-0.3, -0.25) is 0 Å². The van der Waals surface area contributed by atoms with E-state index in [2.05, 4.69) is 6.92 Å². The standard InChI is InChI=1S/C5H11NOS/c1-3-5(6)4(2-7)8-3/h3-5,7H,2,6H2,1H3/t3?,4-,5?/m0/s1. The SMILES string of the molecule is CC1S[C@@H](CO)C1N. The van der Waals surface area contributed by atoms with Crippen molar-refractivity contribution in [1.82, 2.24) is 0 Å². The second kappa shape index (κ2) is 2.25. The Balaban J connectivity index is 2.25. The highest BCUT2D eigenvalue weighted by molar-refractivity contribution is 8.02. The van der Waals surface area contributed by atoms with Crippen LogP contribution in [0.4, 0.5) is 0 Å². The molecular weight excluding hydrogens is 122 g/mol. The van der Waals surface area contributed by atoms with Crippen molar-refractivity contribution < 1.29 is 5.11 Å². The summed E-state index contributed by atoms with van der Waals surface area (Å²) in [5.41, 5.74) is 5.60. The molecule has 2 nitrogen and oxygen atoms in total. The fourth-order valence-electron chi connectivity index (χ4n) is 0.835. The zero-order valence-corrected chi connectivity index (χ0v) is 5.69. The van der Waals surface area contributed by atoms with Crippen LogP contribution in [0.25, 0.3) is 0 Å². The predicted octanol–water partition coefficient (Wildman–Crippen LogP) is -0.190. The van der Waals surface area contributed by atoms with Gasteiger partial charge in [0, 0.05) is 16.5 Å². The zero-order valence-electron chi connectivity index (χ0n) is 4.87. The van der Waals surface area contributed by atoms with Gasteiger partial charge in [-0.1, -0.05) is 6.92 Å². The second-order valence-electron chi connectivity index (χ2n) is 2.14. The summed E-state index contributed by atoms with van der Waals surface area (Å²) in [4.78, 5) is 0. The molecule has 0 saturated carbocycles. The first-order chi connectivity index (χ1) is 3.75. The molecule has 0 aromatic heterocycles. The van der Waals surface area contributed by atoms with Gasteiger partial charge in [0.1, 0.15) is 0 Å². The first kappa shape index (κ1) is 6.39. The number of aliphatic hydroxyl groups is 1. The minimum atomic E-state index is 0.227. The van der Waals surface area contributed by atoms with Crippen LogP contribution in [0.5, 0.6) is 0 Å². The maximum Gasteiger partial charge on any atom is 0.0565 e. The monoisotopic (exact) mass is 133 g/mol. The van der Waals surface area contributed by atoms with Gasteiger partial charge in [0.2, 0.25) is 0 Å². The largest absolute Gasteiger partial charge is 0.395 e. The molecule has 1 saturated heterocycles. The molecule has 48 valence electrons. The van der Waals surface area contributed by atoms with Crippen molar-refractivity contribution in [3.05, 3.63) is 0 Å². The van der Waals surface area contributed by atoms with E-state index in [0.717, 1.165) is 0 Å². The molecule has 0 aromatic rings. The molecule has 0 aromatic carbocycles. The summed E-state index contributed by atoms with van der Waals surface area (Å²) in [6.45, 7) is 2.32. The third-order valence-corrected chi connectivity index (χ3v) is 3.10. The minimum Gasteiger partial charge on any atom is -0.395 e. The van der Waals surface area contributed by atoms with Gasteiger partial charge in [-0.05, 0) is 0 Å². The number of hydrogen-bond donors (Lipinski definition) is 2. The van der Waals surface area contributed by atoms with Crippen LogP contribution >= 0.6 is 11.8 Å². The Labute approximate surface area is 53.5 Å². The number of nitrogens with two attached hydrogens (primary N) is 1. The first-order valence-electron chi connectivity index (χ1n) is 2.77. The highest BCUT2D eigenvalue weighted by atomic mass is 32.2. The summed E-state index contributed by atoms with van der Waals surface area (Å²) >= 11 is 1.76. The third kappa shape index (κ3) is 0.855. The molecule has 0 spiro atoms. The molecule has 1 heterocycles. The van der Waals surface area contributed by atoms with Crippen LogP contribution in [0.2, 0.25) is 0 Å². The molecule has 3 atom stereocenters. The Hall–Kier alpha value is 0.270. The van der Waals surface area contributed by atoms with Crippen molar-refractivity contribution in [1.29, 1.82) is 0 Å². The van der Waals surface area contributed by atoms with Crippen molar-refractivity contribution >= 4 is 11.8 Å². The molecule has 1 aliphatic heterocycles. The molecule has 3 heteroatoms. The molecule has 2 unspecified atom stereocenters. The quantitative estimate of drug-likeness (QED) is 0.521. The van der Waals surface area contributed by atoms with Crippen LogP contribution < -0.4 is 5.73 Å². The molecule has 1 rings (SSSR count). The lowest BCUT2D eigenvalue weighted by Gasteiger charge is -2.38. The fraction of sp³-hybridized carbons (Fsp3) is 1.00. The maximum atomic E-state index is 8.57. The van der Waals surface area contributed by atoms with Crippen molar-refractivity contribution in [3.63, 3.8) is 0 Å². The van der Waals surface area contributed by atoms with Gasteiger partial charge in [0.15, 0.2) is 0 Å². The number of hydrogen-bond acceptors (Lipinski definition) is 3. The Bertz CT molecular complexity index is 88.5. The van der Waals surface area contributed by atoms with E-state index in [1.165, 1.54) is 0 Å². The number of rotatable bonds is 1. The average molecular weight is 133 g/mol. The van der Waals surface area contributed by atoms with Gasteiger partial charge in [0.25, 0.3) is 0 Å². The maximum absolute atomic E-state index is 8.57. The molecule has 3 N–H and O–H groups in total. The summed E-state index contributed by atoms with van der Waals surface area (Å²) in [7, 11) is 0. The van der Waals surface area contributed by atoms with Gasteiger partial charge in [-0.15, -0.1) is 11.8 Å². The Morgan fingerprint density at radius 1 is 1.75 bits per heavy atom. The van der Waals surface area contributed by atoms with Gasteiger partial charge in [-0.2, -0.15) is 0 Å². The highest BCUT2D eigenvalue weighted by Gasteiger charge is 2.34. The van der Waals surface area contributed by atoms with E-state index in [0.29, 0.717) is 10.5 Å². The lowest BCUT2D eigenvalue weighted by Crippen LogP contribution is -2.51. The molecule has 0 bridgehead atoms. The van der Waals surface area contributed by atoms with E-state index in [1.54, 1.807) is 11.8 Å². The van der Waals surface area contributed by atoms with Crippen LogP contribution in [0.3, 0.4) is 0 Å². The van der Waals surface area contributed by atoms with Crippen LogP contribution in [0, 0.1) is 0 Å². The van der Waals surface area contributed by atoms with Crippen molar-refractivity contribution in [2.75, 3.05) is 6.61 Å². The summed E-state index contributed by atoms with van der Waals surface area (Å²) in [5.74, 6) is 0. The molecule has 8 heavy (non-hydrogen) atoms. The first-order valence-corrected chi connectivity index (χ1v) is 3.72. The summed E-state index contributed by atoms with van der Waals surface area (Å²) in [6, 6.07) is 0.227. The van der Waals surface area contributed by atoms with E-state index in [9.17, 15) is 0 Å². The van der Waals surface area contributed by atoms with Crippen LogP contribution in [-0.2, 0) is 0 Å². The van der Waals surface area contributed by atoms with Gasteiger partial charge >= 0.3 is 0 Å². The van der Waals surface area contributed by atoms with Crippen molar-refractivity contribution in [2.24, 2.45) is 5.73 Å². The van der Waals surface area contributed by atoms with Gasteiger partial charge in [-0.25, -0.2) is 0 Å². The van der Waals surface area contributed by atoms with Gasteiger partial charge in [0.05, 0.1) is 6.61 Å². The zero-order chi connectivity index (χ0) is 6.15. The van der Waals surface area contributed by atoms with Crippen LogP contribution in [-0.4, -0.2) is 28.3 Å². The lowest BCUT2D eigenvalue weighted by molar-refractivity contribution is 0.273.